The minimum atomic E-state index is -4.33. The van der Waals surface area contributed by atoms with Crippen LogP contribution in [-0.4, -0.2) is 49.2 Å². The standard InChI is InChI=1S/C34H28O2.12ClH.2Sb/c1-35-31-21-17-29(18-22-31)33(25-9-5-3-6-10-25)27-13-15-28(16-14-27)34(26-11-7-4-8-12-26)30-19-23-32(36-2)24-20-30;;;;;;;;;;;;;;/h3-24H,1-2H3;12*1H;;/q+2;;;;;;;;;;;;;2*+5/p-12. The second kappa shape index (κ2) is 21.0. The molecule has 2 nitrogen and oxygen atoms in total. The first-order valence-corrected chi connectivity index (χ1v) is 46.0. The van der Waals surface area contributed by atoms with Crippen molar-refractivity contribution >= 4 is 134 Å². The van der Waals surface area contributed by atoms with Gasteiger partial charge >= 0.3 is 123 Å². The Morgan fingerprint density at radius 3 is 0.820 bits per heavy atom. The molecule has 0 amide bonds. The van der Waals surface area contributed by atoms with E-state index in [-0.39, 0.29) is 24.8 Å². The summed E-state index contributed by atoms with van der Waals surface area (Å²) in [5.74, 6) is 1.70. The maximum atomic E-state index is 5.38. The summed E-state index contributed by atoms with van der Waals surface area (Å²) in [7, 11) is 53.9. The molecule has 270 valence electrons. The van der Waals surface area contributed by atoms with Gasteiger partial charge in [0.05, 0.1) is 0 Å². The van der Waals surface area contributed by atoms with Crippen LogP contribution in [0.5, 0.6) is 0 Å². The molecule has 2 aliphatic rings. The molecule has 0 radical (unpaired) electrons. The number of hydrogen-bond donors (Lipinski definition) is 0. The minimum absolute atomic E-state index is 0. The molecular weight excluding hydrogens is 1110 g/mol. The zero-order chi connectivity index (χ0) is 35.6. The van der Waals surface area contributed by atoms with Crippen molar-refractivity contribution in [1.29, 1.82) is 0 Å². The Bertz CT molecular complexity index is 1640. The molecular formula is C34H28Cl12O2Sb2. The van der Waals surface area contributed by atoms with Crippen LogP contribution < -0.4 is 24.8 Å². The summed E-state index contributed by atoms with van der Waals surface area (Å²) < 4.78 is 10.8. The number of hydrogen-bond acceptors (Lipinski definition) is 0. The van der Waals surface area contributed by atoms with Gasteiger partial charge in [0, 0.05) is 24.3 Å². The Hall–Kier alpha value is 0.556. The van der Waals surface area contributed by atoms with Gasteiger partial charge in [0.25, 0.3) is 14.2 Å². The Kier molecular flexibility index (Phi) is 20.4. The fraction of sp³-hybridized carbons (Fsp3) is 0.0588. The number of benzene rings is 3. The Morgan fingerprint density at radius 1 is 0.380 bits per heavy atom. The molecule has 0 spiro atoms. The summed E-state index contributed by atoms with van der Waals surface area (Å²) in [5, 5.41) is 0. The zero-order valence-electron chi connectivity index (χ0n) is 25.9. The first-order valence-electron chi connectivity index (χ1n) is 13.7. The van der Waals surface area contributed by atoms with Crippen LogP contribution in [0.2, 0.25) is 0 Å². The maximum absolute atomic E-state index is 5.38. The third-order valence-electron chi connectivity index (χ3n) is 6.34. The summed E-state index contributed by atoms with van der Waals surface area (Å²) >= 11 is -8.66. The van der Waals surface area contributed by atoms with E-state index in [9.17, 15) is 0 Å². The molecule has 0 aliphatic heterocycles. The predicted molar refractivity (Wildman–Crippen MR) is 220 cm³/mol. The first kappa shape index (κ1) is 48.6. The monoisotopic (exact) mass is 1130 g/mol. The van der Waals surface area contributed by atoms with E-state index in [0.29, 0.717) is 0 Å². The van der Waals surface area contributed by atoms with Crippen LogP contribution in [0.3, 0.4) is 0 Å². The topological polar surface area (TPSA) is 22.6 Å². The Labute approximate surface area is 344 Å². The van der Waals surface area contributed by atoms with Crippen molar-refractivity contribution in [2.45, 2.75) is 0 Å². The van der Waals surface area contributed by atoms with Crippen molar-refractivity contribution in [3.8, 4) is 0 Å². The van der Waals surface area contributed by atoms with Gasteiger partial charge in [-0.15, -0.1) is 0 Å². The van der Waals surface area contributed by atoms with Crippen LogP contribution in [-0.2, 0) is 8.85 Å². The van der Waals surface area contributed by atoms with Crippen molar-refractivity contribution < 1.29 is 33.7 Å². The number of carbonyl (C=O) groups excluding carboxylic acids is 2. The average Bonchev–Trinajstić information content (AvgIpc) is 3.01. The molecule has 50 heavy (non-hydrogen) atoms. The number of ketones is 2. The van der Waals surface area contributed by atoms with Gasteiger partial charge in [-0.25, -0.2) is 0 Å². The quantitative estimate of drug-likeness (QED) is 0.196. The van der Waals surface area contributed by atoms with Crippen molar-refractivity contribution in [2.24, 2.45) is 0 Å². The molecule has 0 bridgehead atoms. The zero-order valence-corrected chi connectivity index (χ0v) is 40.1. The summed E-state index contributed by atoms with van der Waals surface area (Å²) in [6.45, 7) is 0. The van der Waals surface area contributed by atoms with E-state index in [1.54, 1.807) is 14.2 Å². The predicted octanol–water partition coefficient (Wildman–Crippen LogP) is 7.15. The van der Waals surface area contributed by atoms with Crippen molar-refractivity contribution in [1.82, 2.24) is 0 Å². The first-order chi connectivity index (χ1) is 22.2. The van der Waals surface area contributed by atoms with Crippen molar-refractivity contribution in [2.75, 3.05) is 14.2 Å². The van der Waals surface area contributed by atoms with Crippen LogP contribution in [0.1, 0.15) is 22.3 Å². The van der Waals surface area contributed by atoms with Gasteiger partial charge in [0.1, 0.15) is 0 Å². The van der Waals surface area contributed by atoms with E-state index in [4.69, 9.17) is 97.1 Å². The van der Waals surface area contributed by atoms with E-state index in [0.717, 1.165) is 33.8 Å². The van der Waals surface area contributed by atoms with Gasteiger partial charge in [-0.3, -0.25) is 8.85 Å². The average molecular weight is 1140 g/mol. The van der Waals surface area contributed by atoms with Crippen LogP contribution >= 0.6 is 88.3 Å². The third-order valence-corrected chi connectivity index (χ3v) is 6.34. The van der Waals surface area contributed by atoms with Crippen LogP contribution in [0.15, 0.2) is 145 Å². The van der Waals surface area contributed by atoms with Gasteiger partial charge in [-0.1, -0.05) is 84.9 Å². The number of allylic oxidation sites excluding steroid dienone is 10. The fourth-order valence-electron chi connectivity index (χ4n) is 4.53. The van der Waals surface area contributed by atoms with Crippen LogP contribution in [0.25, 0.3) is 11.1 Å². The van der Waals surface area contributed by atoms with Gasteiger partial charge in [0.15, 0.2) is 0 Å². The molecule has 0 saturated carbocycles. The summed E-state index contributed by atoms with van der Waals surface area (Å²) in [4.78, 5) is 0. The van der Waals surface area contributed by atoms with E-state index in [1.807, 2.05) is 36.4 Å². The molecule has 0 heterocycles. The van der Waals surface area contributed by atoms with Gasteiger partial charge in [-0.05, 0) is 68.9 Å². The summed E-state index contributed by atoms with van der Waals surface area (Å²) in [6.07, 6.45) is 16.5. The molecule has 0 aromatic heterocycles. The molecule has 0 fully saturated rings. The normalized spacial score (nSPS) is 14.9. The Balaban J connectivity index is 0.000000771. The molecule has 16 heteroatoms. The van der Waals surface area contributed by atoms with Gasteiger partial charge in [0.2, 0.25) is 0 Å². The summed E-state index contributed by atoms with van der Waals surface area (Å²) in [6, 6.07) is 29.9. The molecule has 0 N–H and O–H groups in total. The summed E-state index contributed by atoms with van der Waals surface area (Å²) in [5.41, 5.74) is 9.37. The van der Waals surface area contributed by atoms with E-state index >= 15 is 0 Å². The van der Waals surface area contributed by atoms with Crippen LogP contribution in [0.4, 0.5) is 0 Å². The van der Waals surface area contributed by atoms with Gasteiger partial charge in [-0.2, -0.15) is 0 Å². The third kappa shape index (κ3) is 19.8. The van der Waals surface area contributed by atoms with Crippen molar-refractivity contribution in [3.63, 3.8) is 0 Å². The van der Waals surface area contributed by atoms with E-state index in [2.05, 4.69) is 97.1 Å². The number of halogens is 12. The Morgan fingerprint density at radius 2 is 0.600 bits per heavy atom. The molecule has 0 saturated heterocycles. The molecule has 0 unspecified atom stereocenters. The fourth-order valence-corrected chi connectivity index (χ4v) is 4.53. The molecule has 5 rings (SSSR count). The van der Waals surface area contributed by atoms with E-state index in [1.165, 1.54) is 22.3 Å². The van der Waals surface area contributed by atoms with Crippen molar-refractivity contribution in [3.05, 3.63) is 167 Å². The van der Waals surface area contributed by atoms with E-state index < -0.39 is 23.4 Å². The molecule has 3 aromatic rings. The van der Waals surface area contributed by atoms with Gasteiger partial charge < -0.3 is 24.8 Å². The second-order valence-electron chi connectivity index (χ2n) is 9.79. The molecule has 0 atom stereocenters. The molecule has 3 aromatic carbocycles. The SMILES string of the molecule is C[O+]=C1C=CC(=C(c2ccccc2)c2ccc(C(=C3C=CC(=[O+]C)C=C3)c3ccccc3)cc2)C=C1.[Cl-].[Cl-].[Cl][Sb]([Cl])([Cl])([Cl])[Cl].[Cl][Sb]([Cl])([Cl])([Cl])[Cl]. The number of rotatable bonds is 4. The molecule has 2 aliphatic carbocycles. The second-order valence-corrected chi connectivity index (χ2v) is 85.7. The van der Waals surface area contributed by atoms with Crippen LogP contribution in [0, 0.1) is 0 Å².